The fourth-order valence-electron chi connectivity index (χ4n) is 2.89. The monoisotopic (exact) mass is 454 g/mol. The molecule has 0 radical (unpaired) electrons. The number of hydrogen-bond acceptors (Lipinski definition) is 6. The summed E-state index contributed by atoms with van der Waals surface area (Å²) in [5.74, 6) is -1.92. The molecular weight excluding hydrogens is 438 g/mol. The standard InChI is InChI=1S/C23H17ClF2N4O2/c24-18-8-20(25)22(21(26)9-18)32-19-3-1-15(2-4-19)5-6-31-23-29-12-17(13-30-23)7-16-10-27-14-28-11-16/h1-4,8-14H,5-7H2. The maximum absolute atomic E-state index is 13.9. The minimum atomic E-state index is -0.865. The third kappa shape index (κ3) is 5.73. The smallest absolute Gasteiger partial charge is 0.316 e. The van der Waals surface area contributed by atoms with Crippen LogP contribution < -0.4 is 9.47 Å². The lowest BCUT2D eigenvalue weighted by atomic mass is 10.1. The van der Waals surface area contributed by atoms with E-state index in [4.69, 9.17) is 21.1 Å². The van der Waals surface area contributed by atoms with Crippen LogP contribution in [0.25, 0.3) is 0 Å². The van der Waals surface area contributed by atoms with Crippen molar-refractivity contribution in [3.05, 3.63) is 101 Å². The predicted molar refractivity (Wildman–Crippen MR) is 114 cm³/mol. The summed E-state index contributed by atoms with van der Waals surface area (Å²) in [4.78, 5) is 16.4. The van der Waals surface area contributed by atoms with Crippen LogP contribution in [0.3, 0.4) is 0 Å². The molecule has 4 rings (SSSR count). The normalized spacial score (nSPS) is 10.7. The highest BCUT2D eigenvalue weighted by molar-refractivity contribution is 6.30. The number of halogens is 3. The average molecular weight is 455 g/mol. The first kappa shape index (κ1) is 21.6. The zero-order valence-electron chi connectivity index (χ0n) is 16.7. The van der Waals surface area contributed by atoms with Crippen molar-refractivity contribution in [2.75, 3.05) is 6.61 Å². The summed E-state index contributed by atoms with van der Waals surface area (Å²) in [6, 6.07) is 9.11. The van der Waals surface area contributed by atoms with Crippen molar-refractivity contribution in [1.29, 1.82) is 0 Å². The van der Waals surface area contributed by atoms with E-state index in [1.165, 1.54) is 6.33 Å². The Balaban J connectivity index is 1.27. The van der Waals surface area contributed by atoms with E-state index in [0.29, 0.717) is 25.2 Å². The van der Waals surface area contributed by atoms with Crippen LogP contribution in [-0.2, 0) is 12.8 Å². The van der Waals surface area contributed by atoms with Gasteiger partial charge in [-0.05, 0) is 41.0 Å². The Morgan fingerprint density at radius 3 is 2.09 bits per heavy atom. The molecule has 0 N–H and O–H groups in total. The quantitative estimate of drug-likeness (QED) is 0.364. The highest BCUT2D eigenvalue weighted by Gasteiger charge is 2.13. The third-order valence-electron chi connectivity index (χ3n) is 4.43. The summed E-state index contributed by atoms with van der Waals surface area (Å²) in [6.45, 7) is 0.368. The van der Waals surface area contributed by atoms with Crippen molar-refractivity contribution in [2.24, 2.45) is 0 Å². The first-order valence-electron chi connectivity index (χ1n) is 9.66. The molecule has 0 saturated carbocycles. The van der Waals surface area contributed by atoms with Gasteiger partial charge in [0.15, 0.2) is 17.4 Å². The molecule has 6 nitrogen and oxygen atoms in total. The molecule has 0 atom stereocenters. The van der Waals surface area contributed by atoms with E-state index in [-0.39, 0.29) is 11.0 Å². The number of nitrogens with zero attached hydrogens (tertiary/aromatic N) is 4. The van der Waals surface area contributed by atoms with Crippen LogP contribution in [0.2, 0.25) is 5.02 Å². The SMILES string of the molecule is Fc1cc(Cl)cc(F)c1Oc1ccc(CCOc2ncc(Cc3cncnc3)cn2)cc1. The lowest BCUT2D eigenvalue weighted by Gasteiger charge is -2.09. The van der Waals surface area contributed by atoms with Gasteiger partial charge in [0.2, 0.25) is 0 Å². The molecule has 4 aromatic rings. The number of hydrogen-bond donors (Lipinski definition) is 0. The van der Waals surface area contributed by atoms with Crippen LogP contribution in [0, 0.1) is 11.6 Å². The number of ether oxygens (including phenoxy) is 2. The molecule has 162 valence electrons. The Morgan fingerprint density at radius 1 is 0.812 bits per heavy atom. The van der Waals surface area contributed by atoms with Crippen molar-refractivity contribution in [3.63, 3.8) is 0 Å². The second kappa shape index (κ2) is 10.1. The Morgan fingerprint density at radius 2 is 1.44 bits per heavy atom. The Labute approximate surface area is 187 Å². The van der Waals surface area contributed by atoms with Crippen LogP contribution in [-0.4, -0.2) is 26.5 Å². The fourth-order valence-corrected chi connectivity index (χ4v) is 3.09. The van der Waals surface area contributed by atoms with E-state index >= 15 is 0 Å². The average Bonchev–Trinajstić information content (AvgIpc) is 2.79. The summed E-state index contributed by atoms with van der Waals surface area (Å²) < 4.78 is 38.6. The Bertz CT molecular complexity index is 1150. The van der Waals surface area contributed by atoms with Gasteiger partial charge in [-0.1, -0.05) is 23.7 Å². The minimum absolute atomic E-state index is 0.0351. The summed E-state index contributed by atoms with van der Waals surface area (Å²) in [7, 11) is 0. The maximum Gasteiger partial charge on any atom is 0.316 e. The maximum atomic E-state index is 13.9. The molecular formula is C23H17ClF2N4O2. The van der Waals surface area contributed by atoms with Crippen LogP contribution in [0.15, 0.2) is 67.5 Å². The van der Waals surface area contributed by atoms with Gasteiger partial charge in [-0.2, -0.15) is 0 Å². The van der Waals surface area contributed by atoms with Crippen molar-refractivity contribution in [2.45, 2.75) is 12.8 Å². The zero-order chi connectivity index (χ0) is 22.3. The fraction of sp³-hybridized carbons (Fsp3) is 0.130. The highest BCUT2D eigenvalue weighted by atomic mass is 35.5. The molecule has 0 fully saturated rings. The summed E-state index contributed by atoms with van der Waals surface area (Å²) >= 11 is 5.62. The van der Waals surface area contributed by atoms with Gasteiger partial charge >= 0.3 is 6.01 Å². The Hall–Kier alpha value is -3.65. The van der Waals surface area contributed by atoms with E-state index in [1.54, 1.807) is 49.1 Å². The lowest BCUT2D eigenvalue weighted by molar-refractivity contribution is 0.296. The summed E-state index contributed by atoms with van der Waals surface area (Å²) in [6.07, 6.45) is 9.62. The minimum Gasteiger partial charge on any atom is -0.463 e. The van der Waals surface area contributed by atoms with Crippen LogP contribution in [0.1, 0.15) is 16.7 Å². The molecule has 2 aromatic carbocycles. The second-order valence-electron chi connectivity index (χ2n) is 6.84. The van der Waals surface area contributed by atoms with Gasteiger partial charge in [0.1, 0.15) is 12.1 Å². The first-order chi connectivity index (χ1) is 15.6. The van der Waals surface area contributed by atoms with Crippen molar-refractivity contribution < 1.29 is 18.3 Å². The molecule has 2 heterocycles. The van der Waals surface area contributed by atoms with E-state index in [1.807, 2.05) is 0 Å². The predicted octanol–water partition coefficient (Wildman–Crippen LogP) is 5.20. The van der Waals surface area contributed by atoms with Gasteiger partial charge in [0.05, 0.1) is 6.61 Å². The first-order valence-corrected chi connectivity index (χ1v) is 10.0. The van der Waals surface area contributed by atoms with Gasteiger partial charge in [0.25, 0.3) is 0 Å². The van der Waals surface area contributed by atoms with Crippen LogP contribution >= 0.6 is 11.6 Å². The van der Waals surface area contributed by atoms with Crippen molar-refractivity contribution in [1.82, 2.24) is 19.9 Å². The number of aromatic nitrogens is 4. The molecule has 9 heteroatoms. The molecule has 0 aliphatic heterocycles. The van der Waals surface area contributed by atoms with Gasteiger partial charge in [-0.25, -0.2) is 28.7 Å². The van der Waals surface area contributed by atoms with Crippen LogP contribution in [0.5, 0.6) is 17.5 Å². The van der Waals surface area contributed by atoms with E-state index < -0.39 is 17.4 Å². The van der Waals surface area contributed by atoms with Gasteiger partial charge in [-0.3, -0.25) is 0 Å². The molecule has 0 unspecified atom stereocenters. The van der Waals surface area contributed by atoms with E-state index in [0.717, 1.165) is 28.8 Å². The molecule has 0 bridgehead atoms. The lowest BCUT2D eigenvalue weighted by Crippen LogP contribution is -2.04. The molecule has 0 amide bonds. The molecule has 0 aliphatic rings. The van der Waals surface area contributed by atoms with Crippen LogP contribution in [0.4, 0.5) is 8.78 Å². The largest absolute Gasteiger partial charge is 0.463 e. The van der Waals surface area contributed by atoms with Crippen molar-refractivity contribution in [3.8, 4) is 17.5 Å². The summed E-state index contributed by atoms with van der Waals surface area (Å²) in [5.41, 5.74) is 2.85. The van der Waals surface area contributed by atoms with Gasteiger partial charge in [0, 0.05) is 42.7 Å². The number of rotatable bonds is 8. The highest BCUT2D eigenvalue weighted by Crippen LogP contribution is 2.30. The molecule has 2 aromatic heterocycles. The van der Waals surface area contributed by atoms with E-state index in [9.17, 15) is 8.78 Å². The molecule has 32 heavy (non-hydrogen) atoms. The third-order valence-corrected chi connectivity index (χ3v) is 4.65. The van der Waals surface area contributed by atoms with E-state index in [2.05, 4.69) is 19.9 Å². The Kier molecular flexibility index (Phi) is 6.81. The van der Waals surface area contributed by atoms with Gasteiger partial charge in [-0.15, -0.1) is 0 Å². The van der Waals surface area contributed by atoms with Crippen molar-refractivity contribution >= 4 is 11.6 Å². The molecule has 0 saturated heterocycles. The molecule has 0 aliphatic carbocycles. The summed E-state index contributed by atoms with van der Waals surface area (Å²) in [5, 5.41) is -0.0351. The second-order valence-corrected chi connectivity index (χ2v) is 7.28. The topological polar surface area (TPSA) is 70.0 Å². The zero-order valence-corrected chi connectivity index (χ0v) is 17.5. The number of benzene rings is 2. The molecule has 0 spiro atoms. The van der Waals surface area contributed by atoms with Gasteiger partial charge < -0.3 is 9.47 Å².